The van der Waals surface area contributed by atoms with Crippen LogP contribution in [-0.2, 0) is 11.3 Å². The smallest absolute Gasteiger partial charge is 0.411 e. The maximum Gasteiger partial charge on any atom is 0.411 e. The van der Waals surface area contributed by atoms with Gasteiger partial charge in [0.25, 0.3) is 0 Å². The molecule has 2 aromatic carbocycles. The summed E-state index contributed by atoms with van der Waals surface area (Å²) >= 11 is 0. The number of hydrogen-bond acceptors (Lipinski definition) is 7. The van der Waals surface area contributed by atoms with E-state index >= 15 is 0 Å². The topological polar surface area (TPSA) is 84.3 Å². The molecule has 1 amide bonds. The zero-order chi connectivity index (χ0) is 30.1. The van der Waals surface area contributed by atoms with Gasteiger partial charge in [-0.1, -0.05) is 40.6 Å². The van der Waals surface area contributed by atoms with Gasteiger partial charge in [-0.15, -0.1) is 0 Å². The van der Waals surface area contributed by atoms with Crippen LogP contribution in [0, 0.1) is 24.7 Å². The summed E-state index contributed by atoms with van der Waals surface area (Å²) in [6.45, 7) is 8.94. The van der Waals surface area contributed by atoms with Crippen molar-refractivity contribution in [3.63, 3.8) is 0 Å². The van der Waals surface area contributed by atoms with Gasteiger partial charge < -0.3 is 14.4 Å². The monoisotopic (exact) mass is 582 g/mol. The number of cyclic esters (lactones) is 1. The van der Waals surface area contributed by atoms with Crippen molar-refractivity contribution in [3.8, 4) is 16.9 Å². The first-order chi connectivity index (χ1) is 20.8. The second kappa shape index (κ2) is 12.3. The number of pyridine rings is 1. The van der Waals surface area contributed by atoms with E-state index in [2.05, 4.69) is 79.4 Å². The summed E-state index contributed by atoms with van der Waals surface area (Å²) < 4.78 is 11.9. The van der Waals surface area contributed by atoms with Gasteiger partial charge in [-0.05, 0) is 100 Å². The summed E-state index contributed by atoms with van der Waals surface area (Å²) in [5.41, 5.74) is 7.40. The average molecular weight is 583 g/mol. The first-order valence-electron chi connectivity index (χ1n) is 15.6. The first-order valence-corrected chi connectivity index (χ1v) is 15.6. The van der Waals surface area contributed by atoms with Crippen LogP contribution in [0.1, 0.15) is 79.0 Å². The van der Waals surface area contributed by atoms with Crippen molar-refractivity contribution < 1.29 is 14.3 Å². The van der Waals surface area contributed by atoms with Gasteiger partial charge in [0, 0.05) is 24.2 Å². The molecule has 0 radical (unpaired) electrons. The molecule has 43 heavy (non-hydrogen) atoms. The summed E-state index contributed by atoms with van der Waals surface area (Å²) in [6.07, 6.45) is 4.63. The molecule has 226 valence electrons. The highest BCUT2D eigenvalue weighted by atomic mass is 16.6. The van der Waals surface area contributed by atoms with E-state index in [0.29, 0.717) is 24.9 Å². The van der Waals surface area contributed by atoms with Gasteiger partial charge in [-0.3, -0.25) is 4.90 Å². The normalized spacial score (nSPS) is 23.6. The SMILES string of the molecule is COc1ccc(C2CCC(CN=O)CC2)cc1-c1ccc(N2CCC2)nc1CN1C(=O)O[C@H](c2cc(C)cc(C)c2)[C@@H]1C. The second-order valence-corrected chi connectivity index (χ2v) is 12.6. The molecule has 2 saturated heterocycles. The number of methoxy groups -OCH3 is 1. The molecule has 2 aliphatic heterocycles. The van der Waals surface area contributed by atoms with E-state index in [1.54, 1.807) is 7.11 Å². The average Bonchev–Trinajstić information content (AvgIpc) is 3.25. The highest BCUT2D eigenvalue weighted by Gasteiger charge is 2.40. The Morgan fingerprint density at radius 1 is 0.953 bits per heavy atom. The highest BCUT2D eigenvalue weighted by molar-refractivity contribution is 5.76. The van der Waals surface area contributed by atoms with E-state index in [0.717, 1.165) is 90.3 Å². The fourth-order valence-electron chi connectivity index (χ4n) is 7.05. The number of anilines is 1. The third kappa shape index (κ3) is 5.97. The van der Waals surface area contributed by atoms with Gasteiger partial charge in [0.2, 0.25) is 0 Å². The van der Waals surface area contributed by atoms with Crippen molar-refractivity contribution in [2.45, 2.75) is 77.5 Å². The van der Waals surface area contributed by atoms with Gasteiger partial charge in [0.1, 0.15) is 17.7 Å². The molecule has 3 heterocycles. The molecule has 0 bridgehead atoms. The van der Waals surface area contributed by atoms with Crippen molar-refractivity contribution in [2.24, 2.45) is 11.1 Å². The van der Waals surface area contributed by atoms with Crippen LogP contribution in [0.4, 0.5) is 10.6 Å². The molecular weight excluding hydrogens is 540 g/mol. The molecule has 1 saturated carbocycles. The fraction of sp³-hybridized carbons (Fsp3) is 0.486. The largest absolute Gasteiger partial charge is 0.496 e. The molecular formula is C35H42N4O4. The Balaban J connectivity index is 1.33. The Morgan fingerprint density at radius 2 is 1.70 bits per heavy atom. The molecule has 8 heteroatoms. The molecule has 3 aromatic rings. The minimum Gasteiger partial charge on any atom is -0.496 e. The van der Waals surface area contributed by atoms with Crippen LogP contribution in [0.3, 0.4) is 0 Å². The Bertz CT molecular complexity index is 1470. The molecule has 8 nitrogen and oxygen atoms in total. The molecule has 0 unspecified atom stereocenters. The number of ether oxygens (including phenoxy) is 2. The van der Waals surface area contributed by atoms with Crippen LogP contribution in [-0.4, -0.2) is 48.8 Å². The molecule has 3 fully saturated rings. The van der Waals surface area contributed by atoms with Gasteiger partial charge >= 0.3 is 6.09 Å². The van der Waals surface area contributed by atoms with Crippen LogP contribution in [0.2, 0.25) is 0 Å². The molecule has 2 atom stereocenters. The van der Waals surface area contributed by atoms with Crippen molar-refractivity contribution in [3.05, 3.63) is 81.4 Å². The number of hydrogen-bond donors (Lipinski definition) is 0. The zero-order valence-electron chi connectivity index (χ0n) is 25.7. The number of benzene rings is 2. The minimum absolute atomic E-state index is 0.153. The van der Waals surface area contributed by atoms with Crippen molar-refractivity contribution in [1.82, 2.24) is 9.88 Å². The molecule has 0 spiro atoms. The molecule has 3 aliphatic rings. The number of aryl methyl sites for hydroxylation is 2. The standard InChI is InChI=1S/C35H42N4O4/c1-22-16-23(2)18-28(17-22)34-24(3)39(35(40)43-34)21-31-29(11-13-33(37-31)38-14-5-15-38)30-19-27(10-12-32(30)42-4)26-8-6-25(7-9-26)20-36-41/h10-13,16-19,24-26,34H,5-9,14-15,20-21H2,1-4H3/t24-,25?,26?,34-/m0/s1. The number of rotatable bonds is 9. The van der Waals surface area contributed by atoms with Crippen LogP contribution in [0.15, 0.2) is 53.7 Å². The van der Waals surface area contributed by atoms with Crippen molar-refractivity contribution >= 4 is 11.9 Å². The Hall–Kier alpha value is -3.94. The van der Waals surface area contributed by atoms with Gasteiger partial charge in [0.05, 0.1) is 31.9 Å². The maximum absolute atomic E-state index is 13.3. The summed E-state index contributed by atoms with van der Waals surface area (Å²) in [7, 11) is 1.70. The number of nitrogens with zero attached hydrogens (tertiary/aromatic N) is 4. The van der Waals surface area contributed by atoms with E-state index in [9.17, 15) is 9.70 Å². The van der Waals surface area contributed by atoms with Crippen LogP contribution in [0.25, 0.3) is 11.1 Å². The lowest BCUT2D eigenvalue weighted by molar-refractivity contribution is 0.130. The third-order valence-electron chi connectivity index (χ3n) is 9.59. The number of carbonyl (C=O) groups is 1. The maximum atomic E-state index is 13.3. The molecule has 0 N–H and O–H groups in total. The number of aromatic nitrogens is 1. The predicted molar refractivity (Wildman–Crippen MR) is 169 cm³/mol. The van der Waals surface area contributed by atoms with E-state index in [1.807, 2.05) is 4.90 Å². The van der Waals surface area contributed by atoms with E-state index in [4.69, 9.17) is 14.5 Å². The zero-order valence-corrected chi connectivity index (χ0v) is 25.7. The van der Waals surface area contributed by atoms with E-state index in [1.165, 1.54) is 5.56 Å². The fourth-order valence-corrected chi connectivity index (χ4v) is 7.05. The van der Waals surface area contributed by atoms with Crippen LogP contribution >= 0.6 is 0 Å². The van der Waals surface area contributed by atoms with Gasteiger partial charge in [-0.25, -0.2) is 9.78 Å². The van der Waals surface area contributed by atoms with E-state index in [-0.39, 0.29) is 18.2 Å². The summed E-state index contributed by atoms with van der Waals surface area (Å²) in [4.78, 5) is 33.4. The Morgan fingerprint density at radius 3 is 2.35 bits per heavy atom. The quantitative estimate of drug-likeness (QED) is 0.240. The Kier molecular flexibility index (Phi) is 8.37. The number of nitroso groups, excluding NO2 is 1. The second-order valence-electron chi connectivity index (χ2n) is 12.6. The van der Waals surface area contributed by atoms with Crippen molar-refractivity contribution in [2.75, 3.05) is 31.6 Å². The highest BCUT2D eigenvalue weighted by Crippen LogP contribution is 2.42. The molecule has 1 aromatic heterocycles. The lowest BCUT2D eigenvalue weighted by atomic mass is 9.78. The molecule has 1 aliphatic carbocycles. The summed E-state index contributed by atoms with van der Waals surface area (Å²) in [5.74, 6) is 2.54. The lowest BCUT2D eigenvalue weighted by Gasteiger charge is -2.33. The number of carbonyl (C=O) groups excluding carboxylic acids is 1. The van der Waals surface area contributed by atoms with Crippen LogP contribution in [0.5, 0.6) is 5.75 Å². The third-order valence-corrected chi connectivity index (χ3v) is 9.59. The number of amides is 1. The lowest BCUT2D eigenvalue weighted by Crippen LogP contribution is -2.38. The first kappa shape index (κ1) is 29.1. The van der Waals surface area contributed by atoms with E-state index < -0.39 is 0 Å². The Labute approximate surface area is 254 Å². The summed E-state index contributed by atoms with van der Waals surface area (Å²) in [5, 5.41) is 3.14. The van der Waals surface area contributed by atoms with Gasteiger partial charge in [-0.2, -0.15) is 4.91 Å². The van der Waals surface area contributed by atoms with Gasteiger partial charge in [0.15, 0.2) is 0 Å². The van der Waals surface area contributed by atoms with Crippen LogP contribution < -0.4 is 9.64 Å². The van der Waals surface area contributed by atoms with Crippen molar-refractivity contribution in [1.29, 1.82) is 0 Å². The molecule has 6 rings (SSSR count). The predicted octanol–water partition coefficient (Wildman–Crippen LogP) is 7.71. The summed E-state index contributed by atoms with van der Waals surface area (Å²) in [6, 6.07) is 16.9. The minimum atomic E-state index is -0.337.